The predicted octanol–water partition coefficient (Wildman–Crippen LogP) is 3.31. The van der Waals surface area contributed by atoms with Crippen LogP contribution in [0.3, 0.4) is 0 Å². The first-order valence-electron chi connectivity index (χ1n) is 7.96. The third-order valence-corrected chi connectivity index (χ3v) is 4.49. The van der Waals surface area contributed by atoms with Crippen LogP contribution in [0.25, 0.3) is 0 Å². The summed E-state index contributed by atoms with van der Waals surface area (Å²) in [6.07, 6.45) is 5.05. The molecule has 0 unspecified atom stereocenters. The SMILES string of the molecule is O=C(CSc1ccccc1F)N/N=C\c1cnn(Cc2ccccc2)c1. The zero-order chi connectivity index (χ0) is 18.2. The van der Waals surface area contributed by atoms with Gasteiger partial charge in [0, 0.05) is 16.7 Å². The fourth-order valence-electron chi connectivity index (χ4n) is 2.22. The van der Waals surface area contributed by atoms with E-state index in [0.717, 1.165) is 22.9 Å². The molecule has 0 aliphatic heterocycles. The van der Waals surface area contributed by atoms with Crippen LogP contribution < -0.4 is 5.43 Å². The van der Waals surface area contributed by atoms with Crippen molar-refractivity contribution < 1.29 is 9.18 Å². The minimum Gasteiger partial charge on any atom is -0.272 e. The van der Waals surface area contributed by atoms with Crippen LogP contribution in [-0.2, 0) is 11.3 Å². The molecule has 1 N–H and O–H groups in total. The number of thioether (sulfide) groups is 1. The Hall–Kier alpha value is -2.93. The van der Waals surface area contributed by atoms with E-state index in [1.165, 1.54) is 12.3 Å². The second kappa shape index (κ2) is 8.96. The van der Waals surface area contributed by atoms with Gasteiger partial charge in [-0.2, -0.15) is 10.2 Å². The van der Waals surface area contributed by atoms with E-state index < -0.39 is 0 Å². The molecule has 1 heterocycles. The average molecular weight is 368 g/mol. The van der Waals surface area contributed by atoms with Crippen LogP contribution in [0.15, 0.2) is 77.0 Å². The first-order chi connectivity index (χ1) is 12.7. The molecule has 1 aromatic heterocycles. The maximum atomic E-state index is 13.5. The number of amides is 1. The number of carbonyl (C=O) groups is 1. The highest BCUT2D eigenvalue weighted by Gasteiger charge is 2.05. The molecule has 0 saturated carbocycles. The molecule has 3 aromatic rings. The Kier molecular flexibility index (Phi) is 6.16. The van der Waals surface area contributed by atoms with Gasteiger partial charge in [0.15, 0.2) is 0 Å². The quantitative estimate of drug-likeness (QED) is 0.395. The summed E-state index contributed by atoms with van der Waals surface area (Å²) in [7, 11) is 0. The molecule has 0 radical (unpaired) electrons. The first-order valence-corrected chi connectivity index (χ1v) is 8.95. The highest BCUT2D eigenvalue weighted by atomic mass is 32.2. The molecule has 3 rings (SSSR count). The Balaban J connectivity index is 1.46. The summed E-state index contributed by atoms with van der Waals surface area (Å²) in [5.41, 5.74) is 4.36. The maximum Gasteiger partial charge on any atom is 0.250 e. The number of hydrogen-bond donors (Lipinski definition) is 1. The Morgan fingerprint density at radius 1 is 1.19 bits per heavy atom. The molecule has 26 heavy (non-hydrogen) atoms. The molecule has 0 spiro atoms. The molecule has 5 nitrogen and oxygen atoms in total. The van der Waals surface area contributed by atoms with Gasteiger partial charge in [-0.05, 0) is 17.7 Å². The third kappa shape index (κ3) is 5.29. The predicted molar refractivity (Wildman–Crippen MR) is 101 cm³/mol. The minimum absolute atomic E-state index is 0.0888. The summed E-state index contributed by atoms with van der Waals surface area (Å²) in [5.74, 6) is -0.545. The van der Waals surface area contributed by atoms with Crippen LogP contribution in [0, 0.1) is 5.82 Å². The van der Waals surface area contributed by atoms with Gasteiger partial charge in [-0.15, -0.1) is 11.8 Å². The molecular weight excluding hydrogens is 351 g/mol. The molecule has 0 aliphatic rings. The van der Waals surface area contributed by atoms with Crippen LogP contribution in [0.2, 0.25) is 0 Å². The Morgan fingerprint density at radius 3 is 2.77 bits per heavy atom. The van der Waals surface area contributed by atoms with Crippen LogP contribution in [-0.4, -0.2) is 27.7 Å². The van der Waals surface area contributed by atoms with E-state index in [1.54, 1.807) is 29.1 Å². The molecule has 0 saturated heterocycles. The summed E-state index contributed by atoms with van der Waals surface area (Å²) >= 11 is 1.13. The first kappa shape index (κ1) is 17.9. The molecule has 2 aromatic carbocycles. The van der Waals surface area contributed by atoms with Gasteiger partial charge in [0.1, 0.15) is 5.82 Å². The number of hydrazone groups is 1. The second-order valence-corrected chi connectivity index (χ2v) is 6.49. The lowest BCUT2D eigenvalue weighted by molar-refractivity contribution is -0.118. The molecule has 0 fully saturated rings. The maximum absolute atomic E-state index is 13.5. The van der Waals surface area contributed by atoms with Crippen molar-refractivity contribution in [1.29, 1.82) is 0 Å². The number of carbonyl (C=O) groups excluding carboxylic acids is 1. The van der Waals surface area contributed by atoms with Gasteiger partial charge in [0.2, 0.25) is 5.91 Å². The molecule has 0 aliphatic carbocycles. The summed E-state index contributed by atoms with van der Waals surface area (Å²) in [4.78, 5) is 12.2. The van der Waals surface area contributed by atoms with E-state index >= 15 is 0 Å². The van der Waals surface area contributed by atoms with Crippen LogP contribution >= 0.6 is 11.8 Å². The second-order valence-electron chi connectivity index (χ2n) is 5.47. The molecule has 1 amide bonds. The van der Waals surface area contributed by atoms with Gasteiger partial charge >= 0.3 is 0 Å². The summed E-state index contributed by atoms with van der Waals surface area (Å²) in [6.45, 7) is 0.667. The lowest BCUT2D eigenvalue weighted by Gasteiger charge is -2.01. The Labute approximate surface area is 154 Å². The van der Waals surface area contributed by atoms with Gasteiger partial charge in [0.05, 0.1) is 24.7 Å². The lowest BCUT2D eigenvalue weighted by Crippen LogP contribution is -2.19. The highest BCUT2D eigenvalue weighted by Crippen LogP contribution is 2.20. The van der Waals surface area contributed by atoms with Gasteiger partial charge in [0.25, 0.3) is 0 Å². The summed E-state index contributed by atoms with van der Waals surface area (Å²) in [5, 5.41) is 8.17. The van der Waals surface area contributed by atoms with E-state index in [0.29, 0.717) is 11.4 Å². The van der Waals surface area contributed by atoms with Crippen LogP contribution in [0.5, 0.6) is 0 Å². The van der Waals surface area contributed by atoms with Crippen molar-refractivity contribution in [3.05, 3.63) is 83.9 Å². The largest absolute Gasteiger partial charge is 0.272 e. The number of nitrogens with one attached hydrogen (secondary N) is 1. The smallest absolute Gasteiger partial charge is 0.250 e. The van der Waals surface area contributed by atoms with Crippen molar-refractivity contribution in [1.82, 2.24) is 15.2 Å². The topological polar surface area (TPSA) is 59.3 Å². The minimum atomic E-state index is -0.334. The van der Waals surface area contributed by atoms with E-state index in [4.69, 9.17) is 0 Å². The molecule has 7 heteroatoms. The number of nitrogens with zero attached hydrogens (tertiary/aromatic N) is 3. The normalized spacial score (nSPS) is 11.0. The summed E-state index contributed by atoms with van der Waals surface area (Å²) in [6, 6.07) is 16.3. The number of benzene rings is 2. The zero-order valence-electron chi connectivity index (χ0n) is 13.9. The van der Waals surface area contributed by atoms with E-state index in [9.17, 15) is 9.18 Å². The fraction of sp³-hybridized carbons (Fsp3) is 0.105. The molecule has 132 valence electrons. The van der Waals surface area contributed by atoms with E-state index in [1.807, 2.05) is 36.5 Å². The number of rotatable bonds is 7. The van der Waals surface area contributed by atoms with Crippen molar-refractivity contribution in [3.8, 4) is 0 Å². The highest BCUT2D eigenvalue weighted by molar-refractivity contribution is 8.00. The third-order valence-electron chi connectivity index (χ3n) is 3.44. The Morgan fingerprint density at radius 2 is 1.96 bits per heavy atom. The lowest BCUT2D eigenvalue weighted by atomic mass is 10.2. The number of aromatic nitrogens is 2. The standard InChI is InChI=1S/C19H17FN4OS/c20-17-8-4-5-9-18(17)26-14-19(25)23-21-10-16-11-22-24(13-16)12-15-6-2-1-3-7-15/h1-11,13H,12,14H2,(H,23,25)/b21-10-. The van der Waals surface area contributed by atoms with E-state index in [-0.39, 0.29) is 17.5 Å². The van der Waals surface area contributed by atoms with Gasteiger partial charge in [-0.3, -0.25) is 9.48 Å². The van der Waals surface area contributed by atoms with Crippen molar-refractivity contribution in [2.24, 2.45) is 5.10 Å². The molecule has 0 atom stereocenters. The van der Waals surface area contributed by atoms with Crippen molar-refractivity contribution in [2.75, 3.05) is 5.75 Å². The number of hydrogen-bond acceptors (Lipinski definition) is 4. The monoisotopic (exact) mass is 368 g/mol. The fourth-order valence-corrected chi connectivity index (χ4v) is 2.95. The van der Waals surface area contributed by atoms with Crippen molar-refractivity contribution >= 4 is 23.9 Å². The molecular formula is C19H17FN4OS. The molecule has 0 bridgehead atoms. The van der Waals surface area contributed by atoms with Gasteiger partial charge in [-0.25, -0.2) is 9.82 Å². The average Bonchev–Trinajstić information content (AvgIpc) is 3.09. The Bertz CT molecular complexity index is 895. The van der Waals surface area contributed by atoms with Crippen molar-refractivity contribution in [3.63, 3.8) is 0 Å². The summed E-state index contributed by atoms with van der Waals surface area (Å²) < 4.78 is 15.3. The van der Waals surface area contributed by atoms with Crippen molar-refractivity contribution in [2.45, 2.75) is 11.4 Å². The number of halogens is 1. The van der Waals surface area contributed by atoms with Gasteiger partial charge < -0.3 is 0 Å². The van der Waals surface area contributed by atoms with E-state index in [2.05, 4.69) is 15.6 Å². The van der Waals surface area contributed by atoms with Crippen LogP contribution in [0.1, 0.15) is 11.1 Å². The van der Waals surface area contributed by atoms with Crippen LogP contribution in [0.4, 0.5) is 4.39 Å². The zero-order valence-corrected chi connectivity index (χ0v) is 14.7. The van der Waals surface area contributed by atoms with Gasteiger partial charge in [-0.1, -0.05) is 42.5 Å².